The second-order valence-electron chi connectivity index (χ2n) is 4.29. The summed E-state index contributed by atoms with van der Waals surface area (Å²) in [7, 11) is 0. The van der Waals surface area contributed by atoms with Crippen LogP contribution in [-0.2, 0) is 17.1 Å². The molecule has 4 nitrogen and oxygen atoms in total. The summed E-state index contributed by atoms with van der Waals surface area (Å²) in [5.41, 5.74) is 1.81. The maximum absolute atomic E-state index is 4.35. The van der Waals surface area contributed by atoms with E-state index in [0.29, 0.717) is 0 Å². The molecule has 0 saturated carbocycles. The number of unbranched alkanes of at least 4 members (excludes halogenated alkanes) is 1. The van der Waals surface area contributed by atoms with Crippen LogP contribution in [0.15, 0.2) is 58.8 Å². The van der Waals surface area contributed by atoms with E-state index in [0.717, 1.165) is 37.3 Å². The zero-order valence-electron chi connectivity index (χ0n) is 11.7. The molecular weight excluding hydrogens is 312 g/mol. The van der Waals surface area contributed by atoms with Crippen LogP contribution in [0.25, 0.3) is 0 Å². The topological polar surface area (TPSA) is 50.5 Å². The van der Waals surface area contributed by atoms with Gasteiger partial charge in [-0.3, -0.25) is 20.0 Å². The van der Waals surface area contributed by atoms with Gasteiger partial charge in [0.15, 0.2) is 0 Å². The summed E-state index contributed by atoms with van der Waals surface area (Å²) in [6, 6.07) is 11.6. The third-order valence-electron chi connectivity index (χ3n) is 2.65. The Morgan fingerprint density at radius 3 is 1.62 bits per heavy atom. The van der Waals surface area contributed by atoms with Gasteiger partial charge >= 0.3 is 0 Å². The molecule has 1 radical (unpaired) electrons. The molecule has 0 N–H and O–H groups in total. The minimum atomic E-state index is 0. The van der Waals surface area contributed by atoms with Gasteiger partial charge < -0.3 is 0 Å². The van der Waals surface area contributed by atoms with Gasteiger partial charge in [-0.05, 0) is 37.1 Å². The molecule has 2 aromatic rings. The van der Waals surface area contributed by atoms with Gasteiger partial charge in [-0.25, -0.2) is 0 Å². The fraction of sp³-hybridized carbons (Fsp3) is 0.250. The minimum absolute atomic E-state index is 0. The maximum Gasteiger partial charge on any atom is 0.0807 e. The number of hydrogen-bond donors (Lipinski definition) is 0. The summed E-state index contributed by atoms with van der Waals surface area (Å²) >= 11 is 0. The van der Waals surface area contributed by atoms with Crippen molar-refractivity contribution in [2.45, 2.75) is 12.8 Å². The molecule has 0 atom stereocenters. The van der Waals surface area contributed by atoms with Crippen LogP contribution in [-0.4, -0.2) is 35.5 Å². The molecule has 0 aliphatic rings. The number of rotatable bonds is 7. The number of aliphatic imine (C=N–C) groups is 2. The van der Waals surface area contributed by atoms with Gasteiger partial charge in [-0.2, -0.15) is 0 Å². The summed E-state index contributed by atoms with van der Waals surface area (Å²) < 4.78 is 0. The number of pyridine rings is 2. The molecular formula is C16H18CuN4. The Kier molecular flexibility index (Phi) is 8.92. The Bertz CT molecular complexity index is 489. The average molecular weight is 330 g/mol. The van der Waals surface area contributed by atoms with Crippen molar-refractivity contribution in [3.05, 3.63) is 60.2 Å². The maximum atomic E-state index is 4.35. The summed E-state index contributed by atoms with van der Waals surface area (Å²) in [6.07, 6.45) is 9.24. The van der Waals surface area contributed by atoms with E-state index in [1.165, 1.54) is 0 Å². The van der Waals surface area contributed by atoms with Crippen LogP contribution in [0.2, 0.25) is 0 Å². The van der Waals surface area contributed by atoms with E-state index >= 15 is 0 Å². The molecule has 0 unspecified atom stereocenters. The molecule has 0 bridgehead atoms. The third-order valence-corrected chi connectivity index (χ3v) is 2.65. The summed E-state index contributed by atoms with van der Waals surface area (Å²) in [6.45, 7) is 1.63. The van der Waals surface area contributed by atoms with Crippen LogP contribution in [0.4, 0.5) is 0 Å². The van der Waals surface area contributed by atoms with Crippen molar-refractivity contribution in [3.8, 4) is 0 Å². The summed E-state index contributed by atoms with van der Waals surface area (Å²) in [4.78, 5) is 17.1. The molecule has 2 rings (SSSR count). The van der Waals surface area contributed by atoms with Crippen molar-refractivity contribution >= 4 is 12.4 Å². The summed E-state index contributed by atoms with van der Waals surface area (Å²) in [5, 5.41) is 0. The predicted octanol–water partition coefficient (Wildman–Crippen LogP) is 2.79. The van der Waals surface area contributed by atoms with Gasteiger partial charge in [0.05, 0.1) is 11.4 Å². The molecule has 0 aliphatic carbocycles. The van der Waals surface area contributed by atoms with Crippen molar-refractivity contribution in [3.63, 3.8) is 0 Å². The van der Waals surface area contributed by atoms with Crippen molar-refractivity contribution in [2.24, 2.45) is 9.98 Å². The first-order valence-electron chi connectivity index (χ1n) is 6.77. The summed E-state index contributed by atoms with van der Waals surface area (Å²) in [5.74, 6) is 0. The molecule has 2 heterocycles. The van der Waals surface area contributed by atoms with Crippen molar-refractivity contribution in [2.75, 3.05) is 13.1 Å². The molecule has 0 fully saturated rings. The Morgan fingerprint density at radius 2 is 1.24 bits per heavy atom. The van der Waals surface area contributed by atoms with Crippen LogP contribution >= 0.6 is 0 Å². The molecule has 0 spiro atoms. The monoisotopic (exact) mass is 329 g/mol. The van der Waals surface area contributed by atoms with E-state index in [1.807, 2.05) is 48.8 Å². The Hall–Kier alpha value is -1.84. The minimum Gasteiger partial charge on any atom is -0.291 e. The first-order valence-corrected chi connectivity index (χ1v) is 6.77. The predicted molar refractivity (Wildman–Crippen MR) is 82.6 cm³/mol. The van der Waals surface area contributed by atoms with Crippen LogP contribution in [0.3, 0.4) is 0 Å². The molecule has 0 aliphatic heterocycles. The van der Waals surface area contributed by atoms with Crippen molar-refractivity contribution in [1.82, 2.24) is 9.97 Å². The normalized spacial score (nSPS) is 10.9. The first kappa shape index (κ1) is 17.2. The van der Waals surface area contributed by atoms with Gasteiger partial charge in [-0.1, -0.05) is 12.1 Å². The van der Waals surface area contributed by atoms with Gasteiger partial charge in [0.25, 0.3) is 0 Å². The Morgan fingerprint density at radius 1 is 0.762 bits per heavy atom. The zero-order valence-corrected chi connectivity index (χ0v) is 12.6. The van der Waals surface area contributed by atoms with E-state index in [1.54, 1.807) is 12.4 Å². The third kappa shape index (κ3) is 7.49. The molecule has 0 amide bonds. The molecule has 0 saturated heterocycles. The zero-order chi connectivity index (χ0) is 13.9. The molecule has 2 aromatic heterocycles. The fourth-order valence-corrected chi connectivity index (χ4v) is 1.63. The largest absolute Gasteiger partial charge is 0.291 e. The smallest absolute Gasteiger partial charge is 0.0807 e. The van der Waals surface area contributed by atoms with Crippen LogP contribution < -0.4 is 0 Å². The average Bonchev–Trinajstić information content (AvgIpc) is 2.52. The molecule has 21 heavy (non-hydrogen) atoms. The standard InChI is InChI=1S/C16H18N4.Cu/c1-3-11-19-15(7-1)13-17-9-5-6-10-18-14-16-8-2-4-12-20-16;/h1-4,7-8,11-14H,5-6,9-10H2;. The van der Waals surface area contributed by atoms with E-state index in [2.05, 4.69) is 20.0 Å². The van der Waals surface area contributed by atoms with Gasteiger partial charge in [0, 0.05) is 55.0 Å². The molecule has 0 aromatic carbocycles. The number of aromatic nitrogens is 2. The Balaban J connectivity index is 0.00000220. The van der Waals surface area contributed by atoms with E-state index in [9.17, 15) is 0 Å². The van der Waals surface area contributed by atoms with Crippen LogP contribution in [0.1, 0.15) is 24.2 Å². The van der Waals surface area contributed by atoms with Gasteiger partial charge in [-0.15, -0.1) is 0 Å². The number of hydrogen-bond acceptors (Lipinski definition) is 4. The first-order chi connectivity index (χ1) is 9.95. The fourth-order valence-electron chi connectivity index (χ4n) is 1.63. The van der Waals surface area contributed by atoms with Crippen molar-refractivity contribution < 1.29 is 17.1 Å². The van der Waals surface area contributed by atoms with Gasteiger partial charge in [0.2, 0.25) is 0 Å². The van der Waals surface area contributed by atoms with Crippen LogP contribution in [0, 0.1) is 0 Å². The van der Waals surface area contributed by atoms with Crippen LogP contribution in [0.5, 0.6) is 0 Å². The SMILES string of the molecule is C(=NCCCCN=Cc1ccccn1)c1ccccn1.[Cu]. The molecule has 5 heteroatoms. The van der Waals surface area contributed by atoms with E-state index < -0.39 is 0 Å². The van der Waals surface area contributed by atoms with E-state index in [-0.39, 0.29) is 17.1 Å². The second kappa shape index (κ2) is 10.9. The van der Waals surface area contributed by atoms with Gasteiger partial charge in [0.1, 0.15) is 0 Å². The Labute approximate surface area is 136 Å². The molecule has 113 valence electrons. The quantitative estimate of drug-likeness (QED) is 0.445. The van der Waals surface area contributed by atoms with Crippen molar-refractivity contribution in [1.29, 1.82) is 0 Å². The second-order valence-corrected chi connectivity index (χ2v) is 4.29. The van der Waals surface area contributed by atoms with E-state index in [4.69, 9.17) is 0 Å². The number of nitrogens with zero attached hydrogens (tertiary/aromatic N) is 4.